The summed E-state index contributed by atoms with van der Waals surface area (Å²) in [6.45, 7) is 1.22. The molecule has 1 aliphatic rings. The summed E-state index contributed by atoms with van der Waals surface area (Å²) in [6, 6.07) is 4.20. The lowest BCUT2D eigenvalue weighted by Gasteiger charge is -2.22. The van der Waals surface area contributed by atoms with Gasteiger partial charge in [0.05, 0.1) is 17.0 Å². The minimum absolute atomic E-state index is 0.00223. The van der Waals surface area contributed by atoms with Gasteiger partial charge in [0.25, 0.3) is 5.91 Å². The second kappa shape index (κ2) is 9.53. The quantitative estimate of drug-likeness (QED) is 0.541. The average Bonchev–Trinajstić information content (AvgIpc) is 2.65. The number of benzene rings is 1. The van der Waals surface area contributed by atoms with Crippen LogP contribution in [0.1, 0.15) is 48.0 Å². The van der Waals surface area contributed by atoms with Gasteiger partial charge < -0.3 is 10.1 Å². The Balaban J connectivity index is 2.09. The van der Waals surface area contributed by atoms with Crippen LogP contribution in [-0.4, -0.2) is 39.5 Å². The van der Waals surface area contributed by atoms with Gasteiger partial charge in [-0.2, -0.15) is 0 Å². The Labute approximate surface area is 159 Å². The van der Waals surface area contributed by atoms with Crippen molar-refractivity contribution >= 4 is 21.9 Å². The maximum absolute atomic E-state index is 12.6. The predicted molar refractivity (Wildman–Crippen MR) is 100 cm³/mol. The number of amides is 1. The molecule has 8 heteroatoms. The van der Waals surface area contributed by atoms with E-state index >= 15 is 0 Å². The van der Waals surface area contributed by atoms with Crippen LogP contribution in [0.4, 0.5) is 0 Å². The lowest BCUT2D eigenvalue weighted by Crippen LogP contribution is -2.36. The Morgan fingerprint density at radius 3 is 2.63 bits per heavy atom. The van der Waals surface area contributed by atoms with Crippen molar-refractivity contribution < 1.29 is 22.7 Å². The van der Waals surface area contributed by atoms with Gasteiger partial charge in [0, 0.05) is 6.04 Å². The van der Waals surface area contributed by atoms with Crippen LogP contribution in [0.25, 0.3) is 0 Å². The Hall–Kier alpha value is -2.37. The fourth-order valence-electron chi connectivity index (χ4n) is 2.91. The van der Waals surface area contributed by atoms with Crippen molar-refractivity contribution in [3.8, 4) is 12.3 Å². The van der Waals surface area contributed by atoms with Crippen LogP contribution in [0.5, 0.6) is 0 Å². The van der Waals surface area contributed by atoms with Crippen molar-refractivity contribution in [2.75, 3.05) is 13.2 Å². The lowest BCUT2D eigenvalue weighted by molar-refractivity contribution is -0.123. The molecule has 0 aliphatic heterocycles. The molecule has 1 saturated carbocycles. The van der Waals surface area contributed by atoms with E-state index in [-0.39, 0.29) is 23.0 Å². The maximum Gasteiger partial charge on any atom is 0.338 e. The first-order valence-corrected chi connectivity index (χ1v) is 10.3. The maximum atomic E-state index is 12.6. The lowest BCUT2D eigenvalue weighted by atomic mass is 9.96. The number of esters is 1. The van der Waals surface area contributed by atoms with Crippen molar-refractivity contribution in [1.29, 1.82) is 0 Å². The summed E-state index contributed by atoms with van der Waals surface area (Å²) in [4.78, 5) is 23.7. The molecule has 0 heterocycles. The van der Waals surface area contributed by atoms with E-state index in [1.807, 2.05) is 0 Å². The van der Waals surface area contributed by atoms with Gasteiger partial charge in [0.1, 0.15) is 0 Å². The molecule has 1 fully saturated rings. The van der Waals surface area contributed by atoms with Crippen LogP contribution in [0.15, 0.2) is 23.1 Å². The van der Waals surface area contributed by atoms with E-state index in [0.29, 0.717) is 5.56 Å². The topological polar surface area (TPSA) is 102 Å². The minimum Gasteiger partial charge on any atom is -0.452 e. The number of nitrogens with one attached hydrogen (secondary N) is 2. The van der Waals surface area contributed by atoms with Gasteiger partial charge in [0.2, 0.25) is 10.0 Å². The van der Waals surface area contributed by atoms with Crippen LogP contribution < -0.4 is 10.0 Å². The molecule has 1 aliphatic carbocycles. The molecule has 1 aromatic rings. The van der Waals surface area contributed by atoms with E-state index in [4.69, 9.17) is 11.2 Å². The Morgan fingerprint density at radius 1 is 1.26 bits per heavy atom. The first kappa shape index (κ1) is 20.9. The highest BCUT2D eigenvalue weighted by Gasteiger charge is 2.23. The van der Waals surface area contributed by atoms with Crippen LogP contribution in [0.2, 0.25) is 0 Å². The molecular formula is C19H24N2O5S. The molecule has 0 bridgehead atoms. The molecule has 1 aromatic carbocycles. The first-order chi connectivity index (χ1) is 12.8. The number of carbonyl (C=O) groups is 2. The molecule has 0 unspecified atom stereocenters. The highest BCUT2D eigenvalue weighted by molar-refractivity contribution is 7.89. The van der Waals surface area contributed by atoms with E-state index in [9.17, 15) is 18.0 Å². The first-order valence-electron chi connectivity index (χ1n) is 8.84. The zero-order valence-electron chi connectivity index (χ0n) is 15.3. The summed E-state index contributed by atoms with van der Waals surface area (Å²) >= 11 is 0. The highest BCUT2D eigenvalue weighted by Crippen LogP contribution is 2.21. The zero-order chi connectivity index (χ0) is 19.9. The van der Waals surface area contributed by atoms with Crippen molar-refractivity contribution in [3.05, 3.63) is 29.3 Å². The van der Waals surface area contributed by atoms with Crippen molar-refractivity contribution in [1.82, 2.24) is 10.0 Å². The van der Waals surface area contributed by atoms with Crippen molar-refractivity contribution in [2.24, 2.45) is 0 Å². The van der Waals surface area contributed by atoms with Gasteiger partial charge >= 0.3 is 5.97 Å². The molecule has 0 saturated heterocycles. The number of terminal acetylenes is 1. The summed E-state index contributed by atoms with van der Waals surface area (Å²) in [7, 11) is -3.74. The standard InChI is InChI=1S/C19H24N2O5S/c1-3-11-20-18(22)13-26-19(23)17-12-16(10-9-14(17)2)27(24,25)21-15-7-5-4-6-8-15/h1,9-10,12,15,21H,4-8,11,13H2,2H3,(H,20,22). The van der Waals surface area contributed by atoms with E-state index in [1.165, 1.54) is 12.1 Å². The van der Waals surface area contributed by atoms with Crippen LogP contribution in [0, 0.1) is 19.3 Å². The van der Waals surface area contributed by atoms with Crippen molar-refractivity contribution in [3.63, 3.8) is 0 Å². The summed E-state index contributed by atoms with van der Waals surface area (Å²) in [5.74, 6) is 0.947. The van der Waals surface area contributed by atoms with Crippen LogP contribution in [-0.2, 0) is 19.6 Å². The molecule has 0 radical (unpaired) electrons. The molecule has 1 amide bonds. The number of sulfonamides is 1. The van der Waals surface area contributed by atoms with Gasteiger partial charge in [-0.1, -0.05) is 31.2 Å². The summed E-state index contributed by atoms with van der Waals surface area (Å²) in [5, 5.41) is 2.38. The van der Waals surface area contributed by atoms with Gasteiger partial charge in [-0.05, 0) is 37.5 Å². The summed E-state index contributed by atoms with van der Waals surface area (Å²) in [5.41, 5.74) is 0.659. The Bertz CT molecular complexity index is 836. The molecule has 0 spiro atoms. The molecule has 0 aromatic heterocycles. The highest BCUT2D eigenvalue weighted by atomic mass is 32.2. The number of hydrogen-bond acceptors (Lipinski definition) is 5. The van der Waals surface area contributed by atoms with Gasteiger partial charge in [-0.3, -0.25) is 4.79 Å². The fraction of sp³-hybridized carbons (Fsp3) is 0.474. The van der Waals surface area contributed by atoms with Crippen LogP contribution >= 0.6 is 0 Å². The van der Waals surface area contributed by atoms with E-state index < -0.39 is 28.5 Å². The third-order valence-corrected chi connectivity index (χ3v) is 5.91. The normalized spacial score (nSPS) is 15.0. The number of carbonyl (C=O) groups excluding carboxylic acids is 2. The molecule has 7 nitrogen and oxygen atoms in total. The van der Waals surface area contributed by atoms with E-state index in [2.05, 4.69) is 16.0 Å². The molecular weight excluding hydrogens is 368 g/mol. The Kier molecular flexibility index (Phi) is 7.39. The smallest absolute Gasteiger partial charge is 0.338 e. The number of ether oxygens (including phenoxy) is 1. The number of rotatable bonds is 7. The minimum atomic E-state index is -3.74. The molecule has 0 atom stereocenters. The van der Waals surface area contributed by atoms with Gasteiger partial charge in [0.15, 0.2) is 6.61 Å². The molecule has 27 heavy (non-hydrogen) atoms. The zero-order valence-corrected chi connectivity index (χ0v) is 16.1. The van der Waals surface area contributed by atoms with E-state index in [0.717, 1.165) is 32.1 Å². The second-order valence-corrected chi connectivity index (χ2v) is 8.20. The van der Waals surface area contributed by atoms with Crippen LogP contribution in [0.3, 0.4) is 0 Å². The summed E-state index contributed by atoms with van der Waals surface area (Å²) in [6.07, 6.45) is 9.78. The number of hydrogen-bond donors (Lipinski definition) is 2. The number of aryl methyl sites for hydroxylation is 1. The molecule has 2 rings (SSSR count). The van der Waals surface area contributed by atoms with Gasteiger partial charge in [-0.15, -0.1) is 6.42 Å². The SMILES string of the molecule is C#CCNC(=O)COC(=O)c1cc(S(=O)(=O)NC2CCCCC2)ccc1C. The van der Waals surface area contributed by atoms with Gasteiger partial charge in [-0.25, -0.2) is 17.9 Å². The summed E-state index contributed by atoms with van der Waals surface area (Å²) < 4.78 is 32.9. The molecule has 146 valence electrons. The third kappa shape index (κ3) is 6.08. The largest absolute Gasteiger partial charge is 0.452 e. The van der Waals surface area contributed by atoms with E-state index in [1.54, 1.807) is 13.0 Å². The second-order valence-electron chi connectivity index (χ2n) is 6.49. The third-order valence-electron chi connectivity index (χ3n) is 4.39. The fourth-order valence-corrected chi connectivity index (χ4v) is 4.24. The molecule has 2 N–H and O–H groups in total. The Morgan fingerprint density at radius 2 is 1.96 bits per heavy atom. The predicted octanol–water partition coefficient (Wildman–Crippen LogP) is 1.51. The average molecular weight is 392 g/mol. The monoisotopic (exact) mass is 392 g/mol. The van der Waals surface area contributed by atoms with Crippen molar-refractivity contribution in [2.45, 2.75) is 50.0 Å².